The molecule has 1 unspecified atom stereocenters. The lowest BCUT2D eigenvalue weighted by Gasteiger charge is -2.20. The fourth-order valence-corrected chi connectivity index (χ4v) is 1.95. The number of aromatic nitrogens is 1. The molecule has 1 aromatic heterocycles. The zero-order valence-corrected chi connectivity index (χ0v) is 10.3. The van der Waals surface area contributed by atoms with E-state index >= 15 is 0 Å². The standard InChI is InChI=1S/C10H16N2O2S/c1-5-14-10(13)9(12(3)4)8-6-15-7(2)11-8/h6,9H,5H2,1-4H3. The number of rotatable bonds is 4. The van der Waals surface area contributed by atoms with Gasteiger partial charge in [0.1, 0.15) is 0 Å². The molecule has 0 bridgehead atoms. The van der Waals surface area contributed by atoms with Gasteiger partial charge in [0, 0.05) is 5.38 Å². The molecule has 0 radical (unpaired) electrons. The normalized spacial score (nSPS) is 12.9. The molecule has 15 heavy (non-hydrogen) atoms. The van der Waals surface area contributed by atoms with E-state index in [1.807, 2.05) is 31.3 Å². The first-order valence-corrected chi connectivity index (χ1v) is 5.69. The van der Waals surface area contributed by atoms with Crippen molar-refractivity contribution in [3.8, 4) is 0 Å². The molecule has 0 aliphatic heterocycles. The lowest BCUT2D eigenvalue weighted by molar-refractivity contribution is -0.148. The molecule has 0 saturated carbocycles. The van der Waals surface area contributed by atoms with Crippen LogP contribution in [-0.4, -0.2) is 36.6 Å². The van der Waals surface area contributed by atoms with E-state index in [-0.39, 0.29) is 5.97 Å². The van der Waals surface area contributed by atoms with Gasteiger partial charge in [0.25, 0.3) is 0 Å². The summed E-state index contributed by atoms with van der Waals surface area (Å²) >= 11 is 1.54. The topological polar surface area (TPSA) is 42.4 Å². The van der Waals surface area contributed by atoms with Crippen LogP contribution in [0.4, 0.5) is 0 Å². The summed E-state index contributed by atoms with van der Waals surface area (Å²) in [7, 11) is 3.69. The van der Waals surface area contributed by atoms with Crippen LogP contribution in [0.5, 0.6) is 0 Å². The molecule has 0 aromatic carbocycles. The molecule has 0 aliphatic rings. The first-order chi connectivity index (χ1) is 7.06. The molecule has 1 heterocycles. The molecule has 1 aromatic rings. The van der Waals surface area contributed by atoms with Gasteiger partial charge in [0.05, 0.1) is 17.3 Å². The van der Waals surface area contributed by atoms with Gasteiger partial charge in [-0.1, -0.05) is 0 Å². The number of carbonyl (C=O) groups excluding carboxylic acids is 1. The summed E-state index contributed by atoms with van der Waals surface area (Å²) in [6.07, 6.45) is 0. The molecule has 0 spiro atoms. The van der Waals surface area contributed by atoms with E-state index in [2.05, 4.69) is 4.98 Å². The second-order valence-electron chi connectivity index (χ2n) is 3.41. The van der Waals surface area contributed by atoms with Crippen LogP contribution in [0.1, 0.15) is 23.7 Å². The van der Waals surface area contributed by atoms with Crippen molar-refractivity contribution in [3.63, 3.8) is 0 Å². The Bertz CT molecular complexity index is 336. The quantitative estimate of drug-likeness (QED) is 0.734. The van der Waals surface area contributed by atoms with Gasteiger partial charge in [-0.25, -0.2) is 9.78 Å². The van der Waals surface area contributed by atoms with Crippen molar-refractivity contribution in [1.82, 2.24) is 9.88 Å². The van der Waals surface area contributed by atoms with Crippen molar-refractivity contribution < 1.29 is 9.53 Å². The predicted molar refractivity (Wildman–Crippen MR) is 59.9 cm³/mol. The Morgan fingerprint density at radius 3 is 2.73 bits per heavy atom. The summed E-state index contributed by atoms with van der Waals surface area (Å²) in [5, 5.41) is 2.86. The van der Waals surface area contributed by atoms with Crippen molar-refractivity contribution >= 4 is 17.3 Å². The lowest BCUT2D eigenvalue weighted by Crippen LogP contribution is -2.29. The number of carbonyl (C=O) groups is 1. The number of aryl methyl sites for hydroxylation is 1. The van der Waals surface area contributed by atoms with Gasteiger partial charge >= 0.3 is 5.97 Å². The maximum absolute atomic E-state index is 11.7. The van der Waals surface area contributed by atoms with Crippen LogP contribution in [0.3, 0.4) is 0 Å². The van der Waals surface area contributed by atoms with E-state index in [0.29, 0.717) is 6.61 Å². The Balaban J connectivity index is 2.88. The largest absolute Gasteiger partial charge is 0.465 e. The van der Waals surface area contributed by atoms with E-state index in [1.54, 1.807) is 18.3 Å². The summed E-state index contributed by atoms with van der Waals surface area (Å²) < 4.78 is 5.01. The SMILES string of the molecule is CCOC(=O)C(c1csc(C)n1)N(C)C. The third-order valence-electron chi connectivity index (χ3n) is 1.94. The van der Waals surface area contributed by atoms with Gasteiger partial charge in [0.2, 0.25) is 0 Å². The van der Waals surface area contributed by atoms with E-state index in [9.17, 15) is 4.79 Å². The van der Waals surface area contributed by atoms with Crippen LogP contribution < -0.4 is 0 Å². The molecule has 0 fully saturated rings. The second-order valence-corrected chi connectivity index (χ2v) is 4.47. The zero-order valence-electron chi connectivity index (χ0n) is 9.48. The number of likely N-dealkylation sites (N-methyl/N-ethyl adjacent to an activating group) is 1. The van der Waals surface area contributed by atoms with Crippen molar-refractivity contribution in [3.05, 3.63) is 16.1 Å². The number of hydrogen-bond donors (Lipinski definition) is 0. The molecule has 5 heteroatoms. The number of esters is 1. The number of ether oxygens (including phenoxy) is 1. The van der Waals surface area contributed by atoms with E-state index in [1.165, 1.54) is 0 Å². The Hall–Kier alpha value is -0.940. The second kappa shape index (κ2) is 5.23. The molecule has 0 amide bonds. The monoisotopic (exact) mass is 228 g/mol. The van der Waals surface area contributed by atoms with E-state index < -0.39 is 6.04 Å². The molecular formula is C10H16N2O2S. The maximum Gasteiger partial charge on any atom is 0.329 e. The predicted octanol–water partition coefficient (Wildman–Crippen LogP) is 1.62. The highest BCUT2D eigenvalue weighted by Gasteiger charge is 2.26. The highest BCUT2D eigenvalue weighted by Crippen LogP contribution is 2.21. The highest BCUT2D eigenvalue weighted by atomic mass is 32.1. The van der Waals surface area contributed by atoms with E-state index in [4.69, 9.17) is 4.74 Å². The fraction of sp³-hybridized carbons (Fsp3) is 0.600. The van der Waals surface area contributed by atoms with Crippen LogP contribution >= 0.6 is 11.3 Å². The minimum absolute atomic E-state index is 0.243. The molecule has 84 valence electrons. The number of nitrogens with zero attached hydrogens (tertiary/aromatic N) is 2. The molecule has 4 nitrogen and oxygen atoms in total. The Morgan fingerprint density at radius 2 is 2.33 bits per heavy atom. The first kappa shape index (κ1) is 12.1. The first-order valence-electron chi connectivity index (χ1n) is 4.81. The third kappa shape index (κ3) is 3.00. The summed E-state index contributed by atoms with van der Waals surface area (Å²) in [6, 6.07) is -0.394. The average Bonchev–Trinajstić information content (AvgIpc) is 2.51. The van der Waals surface area contributed by atoms with Crippen molar-refractivity contribution in [1.29, 1.82) is 0 Å². The van der Waals surface area contributed by atoms with Crippen LogP contribution in [0.15, 0.2) is 5.38 Å². The van der Waals surface area contributed by atoms with Crippen LogP contribution in [0.25, 0.3) is 0 Å². The molecule has 1 atom stereocenters. The molecule has 0 N–H and O–H groups in total. The number of thiazole rings is 1. The Morgan fingerprint density at radius 1 is 1.67 bits per heavy atom. The molecule has 0 saturated heterocycles. The highest BCUT2D eigenvalue weighted by molar-refractivity contribution is 7.09. The van der Waals surface area contributed by atoms with Gasteiger partial charge in [-0.05, 0) is 27.9 Å². The van der Waals surface area contributed by atoms with Gasteiger partial charge in [0.15, 0.2) is 6.04 Å². The van der Waals surface area contributed by atoms with Gasteiger partial charge in [-0.15, -0.1) is 11.3 Å². The van der Waals surface area contributed by atoms with Crippen molar-refractivity contribution in [2.45, 2.75) is 19.9 Å². The summed E-state index contributed by atoms with van der Waals surface area (Å²) in [5.41, 5.74) is 0.765. The minimum atomic E-state index is -0.394. The van der Waals surface area contributed by atoms with Gasteiger partial charge in [-0.2, -0.15) is 0 Å². The smallest absolute Gasteiger partial charge is 0.329 e. The molecule has 1 rings (SSSR count). The number of hydrogen-bond acceptors (Lipinski definition) is 5. The summed E-state index contributed by atoms with van der Waals surface area (Å²) in [6.45, 7) is 4.12. The van der Waals surface area contributed by atoms with Crippen molar-refractivity contribution in [2.75, 3.05) is 20.7 Å². The lowest BCUT2D eigenvalue weighted by atomic mass is 10.2. The maximum atomic E-state index is 11.7. The Labute approximate surface area is 93.9 Å². The van der Waals surface area contributed by atoms with Gasteiger partial charge < -0.3 is 4.74 Å². The minimum Gasteiger partial charge on any atom is -0.465 e. The summed E-state index contributed by atoms with van der Waals surface area (Å²) in [4.78, 5) is 17.8. The van der Waals surface area contributed by atoms with Gasteiger partial charge in [-0.3, -0.25) is 4.90 Å². The fourth-order valence-electron chi connectivity index (χ4n) is 1.32. The van der Waals surface area contributed by atoms with Crippen LogP contribution in [-0.2, 0) is 9.53 Å². The van der Waals surface area contributed by atoms with Crippen LogP contribution in [0, 0.1) is 6.92 Å². The molecular weight excluding hydrogens is 212 g/mol. The third-order valence-corrected chi connectivity index (χ3v) is 2.73. The molecule has 0 aliphatic carbocycles. The Kier molecular flexibility index (Phi) is 4.23. The van der Waals surface area contributed by atoms with E-state index in [0.717, 1.165) is 10.7 Å². The van der Waals surface area contributed by atoms with Crippen LogP contribution in [0.2, 0.25) is 0 Å². The zero-order chi connectivity index (χ0) is 11.4. The average molecular weight is 228 g/mol. The summed E-state index contributed by atoms with van der Waals surface area (Å²) in [5.74, 6) is -0.243. The van der Waals surface area contributed by atoms with Crippen molar-refractivity contribution in [2.24, 2.45) is 0 Å².